The molecule has 2 aliphatic heterocycles. The van der Waals surface area contributed by atoms with E-state index in [1.807, 2.05) is 4.90 Å². The van der Waals surface area contributed by atoms with Crippen LogP contribution >= 0.6 is 11.6 Å². The molecule has 3 N–H and O–H groups in total. The molecule has 0 aliphatic carbocycles. The van der Waals surface area contributed by atoms with E-state index in [0.29, 0.717) is 45.0 Å². The molecule has 0 spiro atoms. The first-order valence-electron chi connectivity index (χ1n) is 13.7. The third-order valence-electron chi connectivity index (χ3n) is 7.41. The quantitative estimate of drug-likeness (QED) is 0.326. The van der Waals surface area contributed by atoms with Crippen molar-refractivity contribution in [3.8, 4) is 17.0 Å². The van der Waals surface area contributed by atoms with Gasteiger partial charge in [-0.3, -0.25) is 24.1 Å². The maximum Gasteiger partial charge on any atom is 0.291 e. The van der Waals surface area contributed by atoms with E-state index >= 15 is 0 Å². The smallest absolute Gasteiger partial charge is 0.291 e. The van der Waals surface area contributed by atoms with Crippen molar-refractivity contribution < 1.29 is 42.9 Å². The van der Waals surface area contributed by atoms with Crippen LogP contribution in [0.4, 0.5) is 14.5 Å². The number of methoxy groups -OCH3 is 1. The number of likely N-dealkylation sites (tertiary alicyclic amines) is 1. The number of hydrogen-bond acceptors (Lipinski definition) is 8. The summed E-state index contributed by atoms with van der Waals surface area (Å²) in [5.41, 5.74) is 0.647. The van der Waals surface area contributed by atoms with E-state index in [1.165, 1.54) is 55.3 Å². The predicted octanol–water partition coefficient (Wildman–Crippen LogP) is 1.94. The lowest BCUT2D eigenvalue weighted by Crippen LogP contribution is -2.57. The molecule has 0 atom stereocenters. The lowest BCUT2D eigenvalue weighted by Gasteiger charge is -2.39. The minimum Gasteiger partial charge on any atom is -0.494 e. The molecular weight excluding hydrogens is 618 g/mol. The monoisotopic (exact) mass is 648 g/mol. The maximum absolute atomic E-state index is 14.6. The molecule has 3 aromatic rings. The molecule has 3 heterocycles. The number of carbonyl (C=O) groups excluding carboxylic acids is 3. The zero-order chi connectivity index (χ0) is 32.8. The first-order valence-corrected chi connectivity index (χ1v) is 14.1. The molecule has 0 unspecified atom stereocenters. The Morgan fingerprint density at radius 1 is 1.09 bits per heavy atom. The summed E-state index contributed by atoms with van der Waals surface area (Å²) in [6.07, 6.45) is 0.888. The molecule has 2 aliphatic rings. The number of aliphatic hydroxyl groups excluding tert-OH is 1. The summed E-state index contributed by atoms with van der Waals surface area (Å²) < 4.78 is 35.0. The van der Waals surface area contributed by atoms with Crippen molar-refractivity contribution in [3.05, 3.63) is 64.6 Å². The van der Waals surface area contributed by atoms with Gasteiger partial charge in [0.25, 0.3) is 18.3 Å². The Morgan fingerprint density at radius 2 is 1.73 bits per heavy atom. The highest BCUT2D eigenvalue weighted by atomic mass is 35.5. The van der Waals surface area contributed by atoms with Crippen molar-refractivity contribution in [2.45, 2.75) is 6.10 Å². The summed E-state index contributed by atoms with van der Waals surface area (Å²) >= 11 is 6.42. The predicted molar refractivity (Wildman–Crippen MR) is 158 cm³/mol. The Labute approximate surface area is 261 Å². The van der Waals surface area contributed by atoms with Crippen molar-refractivity contribution >= 4 is 41.5 Å². The molecule has 240 valence electrons. The lowest BCUT2D eigenvalue weighted by atomic mass is 10.1. The average Bonchev–Trinajstić information content (AvgIpc) is 3.38. The first-order chi connectivity index (χ1) is 21.5. The number of nitrogens with one attached hydrogen (secondary N) is 1. The SMILES string of the molecule is COc1ccc(-c2cnc(C(=O)Nc3ccc(C(=O)N4CCN(C(=O)CN5CC(O)C5)CC4)c(Cl)c3)n2C)c(F)c1F.O=CO. The van der Waals surface area contributed by atoms with Gasteiger partial charge in [0.15, 0.2) is 17.4 Å². The number of carboxylic acid groups (broad SMARTS) is 1. The summed E-state index contributed by atoms with van der Waals surface area (Å²) in [6.45, 7) is 2.47. The fourth-order valence-corrected chi connectivity index (χ4v) is 5.26. The summed E-state index contributed by atoms with van der Waals surface area (Å²) in [6, 6.07) is 7.10. The highest BCUT2D eigenvalue weighted by Crippen LogP contribution is 2.30. The molecule has 16 heteroatoms. The molecule has 2 saturated heterocycles. The molecule has 1 aromatic heterocycles. The van der Waals surface area contributed by atoms with Crippen molar-refractivity contribution in [2.75, 3.05) is 58.2 Å². The molecule has 0 saturated carbocycles. The number of aromatic nitrogens is 2. The number of aliphatic hydroxyl groups is 1. The van der Waals surface area contributed by atoms with E-state index in [-0.39, 0.29) is 64.4 Å². The largest absolute Gasteiger partial charge is 0.494 e. The van der Waals surface area contributed by atoms with Crippen molar-refractivity contribution in [1.29, 1.82) is 0 Å². The third-order valence-corrected chi connectivity index (χ3v) is 7.72. The number of ether oxygens (including phenoxy) is 1. The normalized spacial score (nSPS) is 15.1. The topological polar surface area (TPSA) is 158 Å². The van der Waals surface area contributed by atoms with Crippen LogP contribution in [0.3, 0.4) is 0 Å². The molecule has 2 aromatic carbocycles. The number of anilines is 1. The molecule has 0 radical (unpaired) electrons. The number of benzene rings is 2. The number of rotatable bonds is 7. The second-order valence-corrected chi connectivity index (χ2v) is 10.7. The van der Waals surface area contributed by atoms with E-state index < -0.39 is 17.5 Å². The Bertz CT molecular complexity index is 1590. The standard InChI is InChI=1S/C28H29ClF2N6O5.CH2O2/c1-34-21(19-5-6-22(42-2)25(31)24(19)30)12-32-26(34)27(40)33-16-3-4-18(20(29)11-16)28(41)37-9-7-36(8-10-37)23(39)15-35-13-17(38)14-35;2-1-3/h3-6,11-12,17,38H,7-10,13-15H2,1-2H3,(H,33,40);1H,(H,2,3). The van der Waals surface area contributed by atoms with Crippen molar-refractivity contribution in [2.24, 2.45) is 7.05 Å². The van der Waals surface area contributed by atoms with Gasteiger partial charge >= 0.3 is 0 Å². The van der Waals surface area contributed by atoms with Crippen molar-refractivity contribution in [1.82, 2.24) is 24.3 Å². The van der Waals surface area contributed by atoms with Crippen LogP contribution in [-0.2, 0) is 16.6 Å². The van der Waals surface area contributed by atoms with Gasteiger partial charge in [0.1, 0.15) is 0 Å². The van der Waals surface area contributed by atoms with Gasteiger partial charge in [0.2, 0.25) is 11.7 Å². The third kappa shape index (κ3) is 7.38. The highest BCUT2D eigenvalue weighted by Gasteiger charge is 2.30. The van der Waals surface area contributed by atoms with E-state index in [9.17, 15) is 28.3 Å². The Balaban J connectivity index is 0.00000148. The Hall–Kier alpha value is -4.60. The molecule has 45 heavy (non-hydrogen) atoms. The maximum atomic E-state index is 14.6. The average molecular weight is 649 g/mol. The number of carbonyl (C=O) groups is 4. The van der Waals surface area contributed by atoms with Crippen LogP contribution in [0, 0.1) is 11.6 Å². The Kier molecular flexibility index (Phi) is 10.7. The van der Waals surface area contributed by atoms with Crippen LogP contribution in [0.15, 0.2) is 36.5 Å². The van der Waals surface area contributed by atoms with Gasteiger partial charge in [0.05, 0.1) is 42.2 Å². The van der Waals surface area contributed by atoms with Crippen LogP contribution in [0.1, 0.15) is 21.0 Å². The summed E-state index contributed by atoms with van der Waals surface area (Å²) in [5, 5.41) is 19.1. The zero-order valence-corrected chi connectivity index (χ0v) is 25.1. The fourth-order valence-electron chi connectivity index (χ4n) is 5.00. The van der Waals surface area contributed by atoms with E-state index in [2.05, 4.69) is 10.3 Å². The van der Waals surface area contributed by atoms with Gasteiger partial charge in [-0.1, -0.05) is 11.6 Å². The number of piperazine rings is 1. The highest BCUT2D eigenvalue weighted by molar-refractivity contribution is 6.34. The van der Waals surface area contributed by atoms with Crippen molar-refractivity contribution in [3.63, 3.8) is 0 Å². The number of hydrogen-bond donors (Lipinski definition) is 3. The van der Waals surface area contributed by atoms with Gasteiger partial charge in [-0.25, -0.2) is 9.37 Å². The van der Waals surface area contributed by atoms with Gasteiger partial charge in [-0.05, 0) is 30.3 Å². The Morgan fingerprint density at radius 3 is 2.33 bits per heavy atom. The number of amides is 3. The number of imidazole rings is 1. The molecule has 3 amide bonds. The number of halogens is 3. The van der Waals surface area contributed by atoms with Crippen LogP contribution in [-0.4, -0.2) is 118 Å². The molecular formula is C29H31ClF2N6O7. The summed E-state index contributed by atoms with van der Waals surface area (Å²) in [7, 11) is 2.73. The van der Waals surface area contributed by atoms with Gasteiger partial charge in [-0.15, -0.1) is 0 Å². The lowest BCUT2D eigenvalue weighted by molar-refractivity contribution is -0.136. The molecule has 2 fully saturated rings. The van der Waals surface area contributed by atoms with Crippen LogP contribution in [0.25, 0.3) is 11.3 Å². The molecule has 0 bridgehead atoms. The number of β-amino-alcohol motifs (C(OH)–C–C–N with tert-alkyl or cyclic N) is 1. The summed E-state index contributed by atoms with van der Waals surface area (Å²) in [5.74, 6) is -3.53. The zero-order valence-electron chi connectivity index (χ0n) is 24.4. The van der Waals surface area contributed by atoms with E-state index in [1.54, 1.807) is 9.80 Å². The fraction of sp³-hybridized carbons (Fsp3) is 0.345. The van der Waals surface area contributed by atoms with Crippen LogP contribution in [0.2, 0.25) is 5.02 Å². The van der Waals surface area contributed by atoms with Gasteiger partial charge < -0.3 is 34.6 Å². The molecule has 13 nitrogen and oxygen atoms in total. The van der Waals surface area contributed by atoms with Gasteiger partial charge in [-0.2, -0.15) is 4.39 Å². The second-order valence-electron chi connectivity index (χ2n) is 10.2. The second kappa shape index (κ2) is 14.5. The van der Waals surface area contributed by atoms with Gasteiger partial charge in [0, 0.05) is 57.6 Å². The van der Waals surface area contributed by atoms with E-state index in [4.69, 9.17) is 26.2 Å². The van der Waals surface area contributed by atoms with Crippen LogP contribution < -0.4 is 10.1 Å². The minimum atomic E-state index is -1.15. The minimum absolute atomic E-state index is 0.0340. The number of nitrogens with zero attached hydrogens (tertiary/aromatic N) is 5. The summed E-state index contributed by atoms with van der Waals surface area (Å²) in [4.78, 5) is 56.2. The molecule has 5 rings (SSSR count). The van der Waals surface area contributed by atoms with Crippen LogP contribution in [0.5, 0.6) is 5.75 Å². The van der Waals surface area contributed by atoms with E-state index in [0.717, 1.165) is 0 Å². The first kappa shape index (κ1) is 33.3.